The number of alkyl carbamates (subject to hydrolysis) is 1. The number of aliphatic hydroxyl groups is 2. The average molecular weight is 328 g/mol. The van der Waals surface area contributed by atoms with Crippen LogP contribution in [0.4, 0.5) is 4.79 Å². The number of rotatable bonds is 6. The normalized spacial score (nSPS) is 13.9. The first kappa shape index (κ1) is 19.0. The van der Waals surface area contributed by atoms with Gasteiger partial charge in [0.2, 0.25) is 11.8 Å². The van der Waals surface area contributed by atoms with Gasteiger partial charge in [-0.05, 0) is 26.8 Å². The molecule has 8 nitrogen and oxygen atoms in total. The standard InChI is InChI=1S/C15H24N2O6/c1-15(2,3)23-14(20)16-8-10(18)12(19)9-6-7-11(21-4)17-13(9)22-5/h6-7,10,12,18-19H,8H2,1-5H3,(H,16,20). The number of methoxy groups -OCH3 is 2. The minimum atomic E-state index is -1.29. The number of pyridine rings is 1. The van der Waals surface area contributed by atoms with Gasteiger partial charge < -0.3 is 29.7 Å². The third-order valence-corrected chi connectivity index (χ3v) is 2.80. The van der Waals surface area contributed by atoms with Gasteiger partial charge in [0.15, 0.2) is 0 Å². The molecule has 2 unspecified atom stereocenters. The summed E-state index contributed by atoms with van der Waals surface area (Å²) in [5, 5.41) is 22.6. The number of aliphatic hydroxyl groups excluding tert-OH is 2. The smallest absolute Gasteiger partial charge is 0.407 e. The Morgan fingerprint density at radius 3 is 2.43 bits per heavy atom. The van der Waals surface area contributed by atoms with E-state index in [1.807, 2.05) is 0 Å². The van der Waals surface area contributed by atoms with E-state index in [1.54, 1.807) is 20.8 Å². The number of ether oxygens (including phenoxy) is 3. The molecule has 0 bridgehead atoms. The number of hydrogen-bond acceptors (Lipinski definition) is 7. The molecule has 130 valence electrons. The molecule has 8 heteroatoms. The average Bonchev–Trinajstić information content (AvgIpc) is 2.49. The first-order valence-corrected chi connectivity index (χ1v) is 7.10. The molecule has 0 spiro atoms. The number of amides is 1. The third kappa shape index (κ3) is 5.91. The molecule has 2 atom stereocenters. The van der Waals surface area contributed by atoms with E-state index in [0.717, 1.165) is 0 Å². The maximum Gasteiger partial charge on any atom is 0.407 e. The molecule has 1 aromatic heterocycles. The molecule has 3 N–H and O–H groups in total. The van der Waals surface area contributed by atoms with Gasteiger partial charge in [0.1, 0.15) is 17.8 Å². The number of aromatic nitrogens is 1. The third-order valence-electron chi connectivity index (χ3n) is 2.80. The Kier molecular flexibility index (Phi) is 6.59. The van der Waals surface area contributed by atoms with E-state index in [9.17, 15) is 15.0 Å². The van der Waals surface area contributed by atoms with Crippen molar-refractivity contribution in [2.45, 2.75) is 38.6 Å². The molecule has 1 rings (SSSR count). The molecule has 0 radical (unpaired) electrons. The van der Waals surface area contributed by atoms with Gasteiger partial charge in [-0.25, -0.2) is 4.79 Å². The minimum Gasteiger partial charge on any atom is -0.481 e. The van der Waals surface area contributed by atoms with Gasteiger partial charge in [-0.15, -0.1) is 0 Å². The van der Waals surface area contributed by atoms with E-state index < -0.39 is 23.9 Å². The maximum absolute atomic E-state index is 11.5. The summed E-state index contributed by atoms with van der Waals surface area (Å²) in [6.07, 6.45) is -3.23. The Balaban J connectivity index is 2.70. The molecule has 0 aliphatic carbocycles. The summed E-state index contributed by atoms with van der Waals surface area (Å²) in [5.41, 5.74) is -0.358. The fourth-order valence-corrected chi connectivity index (χ4v) is 1.76. The Morgan fingerprint density at radius 1 is 1.26 bits per heavy atom. The van der Waals surface area contributed by atoms with E-state index in [1.165, 1.54) is 26.4 Å². The second-order valence-electron chi connectivity index (χ2n) is 5.85. The topological polar surface area (TPSA) is 110 Å². The van der Waals surface area contributed by atoms with Crippen molar-refractivity contribution < 1.29 is 29.2 Å². The summed E-state index contributed by atoms with van der Waals surface area (Å²) in [4.78, 5) is 15.6. The highest BCUT2D eigenvalue weighted by Crippen LogP contribution is 2.27. The van der Waals surface area contributed by atoms with Crippen LogP contribution in [0.15, 0.2) is 12.1 Å². The molecule has 0 aliphatic heterocycles. The number of carbonyl (C=O) groups is 1. The van der Waals surface area contributed by atoms with Crippen molar-refractivity contribution in [1.29, 1.82) is 0 Å². The van der Waals surface area contributed by atoms with Gasteiger partial charge in [-0.3, -0.25) is 0 Å². The lowest BCUT2D eigenvalue weighted by molar-refractivity contribution is 0.0116. The van der Waals surface area contributed by atoms with Crippen LogP contribution < -0.4 is 14.8 Å². The summed E-state index contributed by atoms with van der Waals surface area (Å²) in [7, 11) is 2.85. The maximum atomic E-state index is 11.5. The lowest BCUT2D eigenvalue weighted by atomic mass is 10.1. The number of hydrogen-bond donors (Lipinski definition) is 3. The van der Waals surface area contributed by atoms with Gasteiger partial charge >= 0.3 is 6.09 Å². The predicted octanol–water partition coefficient (Wildman–Crippen LogP) is 1.02. The van der Waals surface area contributed by atoms with Crippen molar-refractivity contribution in [2.75, 3.05) is 20.8 Å². The fourth-order valence-electron chi connectivity index (χ4n) is 1.76. The molecule has 0 aliphatic rings. The van der Waals surface area contributed by atoms with Gasteiger partial charge in [0, 0.05) is 18.2 Å². The van der Waals surface area contributed by atoms with E-state index in [-0.39, 0.29) is 18.0 Å². The predicted molar refractivity (Wildman–Crippen MR) is 82.5 cm³/mol. The zero-order valence-corrected chi connectivity index (χ0v) is 14.0. The molecule has 23 heavy (non-hydrogen) atoms. The number of nitrogens with one attached hydrogen (secondary N) is 1. The van der Waals surface area contributed by atoms with E-state index in [0.29, 0.717) is 5.88 Å². The van der Waals surface area contributed by atoms with Crippen molar-refractivity contribution in [2.24, 2.45) is 0 Å². The molecule has 1 aromatic rings. The van der Waals surface area contributed by atoms with Crippen molar-refractivity contribution in [3.63, 3.8) is 0 Å². The van der Waals surface area contributed by atoms with Crippen LogP contribution in [0, 0.1) is 0 Å². The van der Waals surface area contributed by atoms with Crippen LogP contribution in [0.25, 0.3) is 0 Å². The van der Waals surface area contributed by atoms with Crippen LogP contribution in [-0.2, 0) is 4.74 Å². The van der Waals surface area contributed by atoms with E-state index >= 15 is 0 Å². The van der Waals surface area contributed by atoms with Crippen LogP contribution in [0.1, 0.15) is 32.4 Å². The van der Waals surface area contributed by atoms with E-state index in [2.05, 4.69) is 10.3 Å². The Hall–Kier alpha value is -2.06. The SMILES string of the molecule is COc1ccc(C(O)C(O)CNC(=O)OC(C)(C)C)c(OC)n1. The van der Waals surface area contributed by atoms with Gasteiger partial charge in [-0.1, -0.05) is 0 Å². The quantitative estimate of drug-likeness (QED) is 0.715. The number of carbonyl (C=O) groups excluding carboxylic acids is 1. The van der Waals surface area contributed by atoms with Gasteiger partial charge in [0.05, 0.1) is 14.2 Å². The summed E-state index contributed by atoms with van der Waals surface area (Å²) in [5.74, 6) is 0.451. The monoisotopic (exact) mass is 328 g/mol. The zero-order valence-electron chi connectivity index (χ0n) is 14.0. The Labute approximate surface area is 135 Å². The van der Waals surface area contributed by atoms with Crippen molar-refractivity contribution >= 4 is 6.09 Å². The van der Waals surface area contributed by atoms with Crippen LogP contribution in [0.5, 0.6) is 11.8 Å². The van der Waals surface area contributed by atoms with Crippen LogP contribution >= 0.6 is 0 Å². The lowest BCUT2D eigenvalue weighted by Crippen LogP contribution is -2.38. The molecule has 0 saturated carbocycles. The highest BCUT2D eigenvalue weighted by Gasteiger charge is 2.24. The van der Waals surface area contributed by atoms with Crippen molar-refractivity contribution in [3.05, 3.63) is 17.7 Å². The van der Waals surface area contributed by atoms with Crippen molar-refractivity contribution in [3.8, 4) is 11.8 Å². The molecule has 0 saturated heterocycles. The fraction of sp³-hybridized carbons (Fsp3) is 0.600. The lowest BCUT2D eigenvalue weighted by Gasteiger charge is -2.22. The van der Waals surface area contributed by atoms with Crippen LogP contribution in [0.2, 0.25) is 0 Å². The highest BCUT2D eigenvalue weighted by atomic mass is 16.6. The minimum absolute atomic E-state index is 0.133. The highest BCUT2D eigenvalue weighted by molar-refractivity contribution is 5.67. The van der Waals surface area contributed by atoms with Gasteiger partial charge in [0.25, 0.3) is 0 Å². The first-order chi connectivity index (χ1) is 10.7. The molecule has 0 fully saturated rings. The number of nitrogens with zero attached hydrogens (tertiary/aromatic N) is 1. The summed E-state index contributed by atoms with van der Waals surface area (Å²) in [6.45, 7) is 4.99. The molecule has 1 heterocycles. The molecule has 0 aromatic carbocycles. The summed E-state index contributed by atoms with van der Waals surface area (Å²) in [6, 6.07) is 3.07. The molecular weight excluding hydrogens is 304 g/mol. The second kappa shape index (κ2) is 7.98. The van der Waals surface area contributed by atoms with Crippen molar-refractivity contribution in [1.82, 2.24) is 10.3 Å². The second-order valence-corrected chi connectivity index (χ2v) is 5.85. The summed E-state index contributed by atoms with van der Waals surface area (Å²) >= 11 is 0. The molecule has 1 amide bonds. The van der Waals surface area contributed by atoms with E-state index in [4.69, 9.17) is 14.2 Å². The Bertz CT molecular complexity index is 529. The zero-order chi connectivity index (χ0) is 17.6. The first-order valence-electron chi connectivity index (χ1n) is 7.10. The largest absolute Gasteiger partial charge is 0.481 e. The Morgan fingerprint density at radius 2 is 1.91 bits per heavy atom. The van der Waals surface area contributed by atoms with Crippen LogP contribution in [0.3, 0.4) is 0 Å². The molecular formula is C15H24N2O6. The van der Waals surface area contributed by atoms with Crippen LogP contribution in [-0.4, -0.2) is 53.8 Å². The summed E-state index contributed by atoms with van der Waals surface area (Å²) < 4.78 is 15.1. The van der Waals surface area contributed by atoms with Gasteiger partial charge in [-0.2, -0.15) is 4.98 Å².